The van der Waals surface area contributed by atoms with Crippen molar-refractivity contribution in [1.29, 1.82) is 0 Å². The summed E-state index contributed by atoms with van der Waals surface area (Å²) in [6.45, 7) is 3.14. The molecule has 0 saturated heterocycles. The summed E-state index contributed by atoms with van der Waals surface area (Å²) in [7, 11) is -2.02. The molecule has 7 nitrogen and oxygen atoms in total. The zero-order valence-electron chi connectivity index (χ0n) is 16.0. The van der Waals surface area contributed by atoms with E-state index in [9.17, 15) is 13.2 Å². The van der Waals surface area contributed by atoms with E-state index in [2.05, 4.69) is 20.9 Å². The van der Waals surface area contributed by atoms with Crippen LogP contribution in [0.3, 0.4) is 0 Å². The van der Waals surface area contributed by atoms with Crippen LogP contribution in [0.25, 0.3) is 11.0 Å². The molecule has 2 N–H and O–H groups in total. The van der Waals surface area contributed by atoms with Crippen LogP contribution in [0, 0.1) is 0 Å². The second kappa shape index (κ2) is 8.86. The molecule has 0 bridgehead atoms. The highest BCUT2D eigenvalue weighted by molar-refractivity contribution is 9.10. The maximum Gasteiger partial charge on any atom is 0.238 e. The van der Waals surface area contributed by atoms with E-state index in [1.54, 1.807) is 18.0 Å². The van der Waals surface area contributed by atoms with Gasteiger partial charge < -0.3 is 9.47 Å². The monoisotopic (exact) mass is 496 g/mol. The molecule has 0 aliphatic rings. The van der Waals surface area contributed by atoms with Crippen LogP contribution in [0.4, 0.5) is 0 Å². The summed E-state index contributed by atoms with van der Waals surface area (Å²) in [6, 6.07) is 12.5. The highest BCUT2D eigenvalue weighted by atomic mass is 79.9. The molecule has 0 atom stereocenters. The molecule has 0 spiro atoms. The molecule has 0 unspecified atom stereocenters. The van der Waals surface area contributed by atoms with Crippen molar-refractivity contribution in [2.24, 2.45) is 5.14 Å². The molecule has 29 heavy (non-hydrogen) atoms. The van der Waals surface area contributed by atoms with Crippen LogP contribution in [0.1, 0.15) is 12.5 Å². The number of halogens is 1. The Bertz CT molecular complexity index is 1140. The molecule has 1 heterocycles. The van der Waals surface area contributed by atoms with Crippen LogP contribution in [0.15, 0.2) is 57.0 Å². The number of rotatable bonds is 7. The number of thioether (sulfide) groups is 1. The molecule has 154 valence electrons. The number of hydrogen-bond donors (Lipinski definition) is 1. The van der Waals surface area contributed by atoms with E-state index in [0.717, 1.165) is 15.6 Å². The van der Waals surface area contributed by atoms with Crippen molar-refractivity contribution in [1.82, 2.24) is 14.5 Å². The molecule has 1 aromatic heterocycles. The third-order valence-corrected chi connectivity index (χ3v) is 6.81. The van der Waals surface area contributed by atoms with E-state index in [4.69, 9.17) is 5.14 Å². The average molecular weight is 497 g/mol. The van der Waals surface area contributed by atoms with Crippen LogP contribution in [0.2, 0.25) is 0 Å². The summed E-state index contributed by atoms with van der Waals surface area (Å²) in [6.07, 6.45) is 0. The van der Waals surface area contributed by atoms with E-state index in [-0.39, 0.29) is 16.6 Å². The lowest BCUT2D eigenvalue weighted by Gasteiger charge is -2.17. The normalized spacial score (nSPS) is 11.7. The van der Waals surface area contributed by atoms with Gasteiger partial charge in [-0.3, -0.25) is 4.79 Å². The van der Waals surface area contributed by atoms with Gasteiger partial charge in [0.15, 0.2) is 5.16 Å². The Kier molecular flexibility index (Phi) is 6.67. The number of fused-ring (bicyclic) bond motifs is 1. The number of imidazole rings is 1. The second-order valence-corrected chi connectivity index (χ2v) is 9.92. The molecule has 0 radical (unpaired) electrons. The predicted molar refractivity (Wildman–Crippen MR) is 118 cm³/mol. The van der Waals surface area contributed by atoms with Gasteiger partial charge in [-0.2, -0.15) is 0 Å². The fourth-order valence-electron chi connectivity index (χ4n) is 2.87. The molecular weight excluding hydrogens is 476 g/mol. The standard InChI is InChI=1S/C19H21BrN4O3S2/c1-3-24-17-9-8-15(29(21,26)27)10-16(17)22-19(24)28-12-18(25)23(2)11-13-4-6-14(20)7-5-13/h4-10H,3,11-12H2,1-2H3,(H2,21,26,27). The van der Waals surface area contributed by atoms with Crippen molar-refractivity contribution in [2.45, 2.75) is 30.1 Å². The zero-order chi connectivity index (χ0) is 21.2. The summed E-state index contributed by atoms with van der Waals surface area (Å²) in [4.78, 5) is 18.8. The number of sulfonamides is 1. The number of aromatic nitrogens is 2. The van der Waals surface area contributed by atoms with Crippen LogP contribution in [0.5, 0.6) is 0 Å². The van der Waals surface area contributed by atoms with Crippen molar-refractivity contribution in [3.05, 3.63) is 52.5 Å². The first kappa shape index (κ1) is 21.8. The minimum Gasteiger partial charge on any atom is -0.341 e. The van der Waals surface area contributed by atoms with Gasteiger partial charge in [0.25, 0.3) is 0 Å². The van der Waals surface area contributed by atoms with E-state index in [1.165, 1.54) is 23.9 Å². The van der Waals surface area contributed by atoms with Crippen LogP contribution >= 0.6 is 27.7 Å². The lowest BCUT2D eigenvalue weighted by atomic mass is 10.2. The number of amides is 1. The number of benzene rings is 2. The predicted octanol–water partition coefficient (Wildman–Crippen LogP) is 3.22. The van der Waals surface area contributed by atoms with Gasteiger partial charge in [-0.05, 0) is 42.8 Å². The fraction of sp³-hybridized carbons (Fsp3) is 0.263. The van der Waals surface area contributed by atoms with Crippen molar-refractivity contribution >= 4 is 54.7 Å². The van der Waals surface area contributed by atoms with Crippen LogP contribution in [-0.4, -0.2) is 41.6 Å². The number of carbonyl (C=O) groups is 1. The Labute approximate surface area is 182 Å². The van der Waals surface area contributed by atoms with Crippen molar-refractivity contribution in [2.75, 3.05) is 12.8 Å². The van der Waals surface area contributed by atoms with Crippen LogP contribution < -0.4 is 5.14 Å². The quantitative estimate of drug-likeness (QED) is 0.506. The Balaban J connectivity index is 1.73. The molecule has 0 fully saturated rings. The highest BCUT2D eigenvalue weighted by Crippen LogP contribution is 2.26. The summed E-state index contributed by atoms with van der Waals surface area (Å²) in [5.41, 5.74) is 2.39. The number of aryl methyl sites for hydroxylation is 1. The van der Waals surface area contributed by atoms with Crippen LogP contribution in [-0.2, 0) is 27.9 Å². The van der Waals surface area contributed by atoms with Gasteiger partial charge in [0.2, 0.25) is 15.9 Å². The van der Waals surface area contributed by atoms with Gasteiger partial charge >= 0.3 is 0 Å². The summed E-state index contributed by atoms with van der Waals surface area (Å²) < 4.78 is 26.1. The topological polar surface area (TPSA) is 98.3 Å². The van der Waals surface area contributed by atoms with E-state index in [1.807, 2.05) is 35.8 Å². The molecule has 0 aliphatic heterocycles. The number of nitrogens with two attached hydrogens (primary N) is 1. The Morgan fingerprint density at radius 2 is 1.93 bits per heavy atom. The van der Waals surface area contributed by atoms with E-state index >= 15 is 0 Å². The molecule has 0 saturated carbocycles. The number of primary sulfonamides is 1. The Hall–Kier alpha value is -1.88. The summed E-state index contributed by atoms with van der Waals surface area (Å²) >= 11 is 4.73. The Morgan fingerprint density at radius 3 is 2.55 bits per heavy atom. The number of carbonyl (C=O) groups excluding carboxylic acids is 1. The first-order chi connectivity index (χ1) is 13.7. The highest BCUT2D eigenvalue weighted by Gasteiger charge is 2.17. The molecular formula is C19H21BrN4O3S2. The maximum absolute atomic E-state index is 12.6. The van der Waals surface area contributed by atoms with Gasteiger partial charge in [0.05, 0.1) is 21.7 Å². The van der Waals surface area contributed by atoms with E-state index in [0.29, 0.717) is 23.8 Å². The second-order valence-electron chi connectivity index (χ2n) is 6.50. The fourth-order valence-corrected chi connectivity index (χ4v) is 4.69. The number of nitrogens with zero attached hydrogens (tertiary/aromatic N) is 3. The van der Waals surface area contributed by atoms with Crippen molar-refractivity contribution < 1.29 is 13.2 Å². The van der Waals surface area contributed by atoms with Gasteiger partial charge in [-0.15, -0.1) is 0 Å². The minimum absolute atomic E-state index is 0.0159. The van der Waals surface area contributed by atoms with Crippen molar-refractivity contribution in [3.8, 4) is 0 Å². The maximum atomic E-state index is 12.6. The minimum atomic E-state index is -3.79. The Morgan fingerprint density at radius 1 is 1.24 bits per heavy atom. The molecule has 10 heteroatoms. The SMILES string of the molecule is CCn1c(SCC(=O)N(C)Cc2ccc(Br)cc2)nc2cc(S(N)(=O)=O)ccc21. The summed E-state index contributed by atoms with van der Waals surface area (Å²) in [5, 5.41) is 5.87. The smallest absolute Gasteiger partial charge is 0.238 e. The molecule has 0 aliphatic carbocycles. The first-order valence-corrected chi connectivity index (χ1v) is 12.2. The van der Waals surface area contributed by atoms with Gasteiger partial charge in [-0.25, -0.2) is 18.5 Å². The average Bonchev–Trinajstić information content (AvgIpc) is 3.03. The number of hydrogen-bond acceptors (Lipinski definition) is 5. The summed E-state index contributed by atoms with van der Waals surface area (Å²) in [5.74, 6) is 0.219. The molecule has 2 aromatic carbocycles. The first-order valence-electron chi connectivity index (χ1n) is 8.83. The van der Waals surface area contributed by atoms with E-state index < -0.39 is 10.0 Å². The van der Waals surface area contributed by atoms with Gasteiger partial charge in [-0.1, -0.05) is 39.8 Å². The van der Waals surface area contributed by atoms with Crippen molar-refractivity contribution in [3.63, 3.8) is 0 Å². The third kappa shape index (κ3) is 5.19. The molecule has 1 amide bonds. The third-order valence-electron chi connectivity index (χ3n) is 4.41. The molecule has 3 rings (SSSR count). The lowest BCUT2D eigenvalue weighted by molar-refractivity contribution is -0.127. The van der Waals surface area contributed by atoms with Gasteiger partial charge in [0, 0.05) is 24.6 Å². The zero-order valence-corrected chi connectivity index (χ0v) is 19.2. The molecule has 3 aromatic rings. The lowest BCUT2D eigenvalue weighted by Crippen LogP contribution is -2.27. The largest absolute Gasteiger partial charge is 0.341 e. The van der Waals surface area contributed by atoms with Gasteiger partial charge in [0.1, 0.15) is 0 Å².